The van der Waals surface area contributed by atoms with Crippen molar-refractivity contribution in [3.63, 3.8) is 0 Å². The van der Waals surface area contributed by atoms with Crippen LogP contribution < -0.4 is 5.32 Å². The summed E-state index contributed by atoms with van der Waals surface area (Å²) in [6.45, 7) is 7.55. The summed E-state index contributed by atoms with van der Waals surface area (Å²) in [6.07, 6.45) is 2.36. The van der Waals surface area contributed by atoms with Crippen molar-refractivity contribution in [3.05, 3.63) is 46.0 Å². The number of benzene rings is 1. The second kappa shape index (κ2) is 6.24. The van der Waals surface area contributed by atoms with Crippen molar-refractivity contribution in [3.8, 4) is 0 Å². The van der Waals surface area contributed by atoms with E-state index in [0.717, 1.165) is 13.0 Å². The van der Waals surface area contributed by atoms with E-state index in [-0.39, 0.29) is 0 Å². The van der Waals surface area contributed by atoms with E-state index >= 15 is 0 Å². The Morgan fingerprint density at radius 1 is 1.33 bits per heavy atom. The topological polar surface area (TPSA) is 37.8 Å². The third kappa shape index (κ3) is 2.87. The van der Waals surface area contributed by atoms with Crippen molar-refractivity contribution in [2.45, 2.75) is 51.5 Å². The molecule has 3 nitrogen and oxygen atoms in total. The molecule has 112 valence electrons. The summed E-state index contributed by atoms with van der Waals surface area (Å²) in [5, 5.41) is 7.98. The van der Waals surface area contributed by atoms with Gasteiger partial charge in [-0.3, -0.25) is 0 Å². The van der Waals surface area contributed by atoms with Crippen molar-refractivity contribution in [1.82, 2.24) is 14.9 Å². The summed E-state index contributed by atoms with van der Waals surface area (Å²) < 4.78 is 4.19. The van der Waals surface area contributed by atoms with E-state index in [1.54, 1.807) is 11.5 Å². The lowest BCUT2D eigenvalue weighted by molar-refractivity contribution is 0.437. The van der Waals surface area contributed by atoms with Crippen LogP contribution in [0.5, 0.6) is 0 Å². The van der Waals surface area contributed by atoms with Crippen LogP contribution in [-0.4, -0.2) is 16.1 Å². The minimum Gasteiger partial charge on any atom is -0.309 e. The van der Waals surface area contributed by atoms with E-state index in [2.05, 4.69) is 59.9 Å². The lowest BCUT2D eigenvalue weighted by Gasteiger charge is -2.33. The van der Waals surface area contributed by atoms with Gasteiger partial charge in [-0.05, 0) is 53.9 Å². The Bertz CT molecular complexity index is 606. The van der Waals surface area contributed by atoms with Gasteiger partial charge in [-0.2, -0.15) is 0 Å². The van der Waals surface area contributed by atoms with E-state index in [1.807, 2.05) is 0 Å². The lowest BCUT2D eigenvalue weighted by atomic mass is 9.74. The Labute approximate surface area is 131 Å². The molecule has 21 heavy (non-hydrogen) atoms. The van der Waals surface area contributed by atoms with Crippen LogP contribution in [0.25, 0.3) is 0 Å². The van der Waals surface area contributed by atoms with E-state index in [4.69, 9.17) is 0 Å². The van der Waals surface area contributed by atoms with Gasteiger partial charge >= 0.3 is 0 Å². The molecular formula is C17H23N3S. The minimum atomic E-state index is 0.380. The summed E-state index contributed by atoms with van der Waals surface area (Å²) >= 11 is 1.56. The molecule has 1 aromatic heterocycles. The first-order valence-corrected chi connectivity index (χ1v) is 8.61. The quantitative estimate of drug-likeness (QED) is 0.875. The summed E-state index contributed by atoms with van der Waals surface area (Å²) in [6, 6.07) is 9.20. The summed E-state index contributed by atoms with van der Waals surface area (Å²) in [5.74, 6) is 1.11. The molecule has 0 fully saturated rings. The Morgan fingerprint density at radius 3 is 2.86 bits per heavy atom. The SMILES string of the molecule is CCNC(CC1Cc2ccccc21)c1snnc1C(C)C. The molecule has 0 saturated carbocycles. The highest BCUT2D eigenvalue weighted by Gasteiger charge is 2.30. The summed E-state index contributed by atoms with van der Waals surface area (Å²) in [4.78, 5) is 1.33. The van der Waals surface area contributed by atoms with Crippen LogP contribution in [0.1, 0.15) is 66.8 Å². The van der Waals surface area contributed by atoms with Gasteiger partial charge in [-0.1, -0.05) is 49.5 Å². The van der Waals surface area contributed by atoms with E-state index in [9.17, 15) is 0 Å². The Hall–Kier alpha value is -1.26. The van der Waals surface area contributed by atoms with Gasteiger partial charge in [-0.25, -0.2) is 0 Å². The Balaban J connectivity index is 1.79. The first-order chi connectivity index (χ1) is 10.2. The predicted octanol–water partition coefficient (Wildman–Crippen LogP) is 4.04. The van der Waals surface area contributed by atoms with Crippen LogP contribution in [0.15, 0.2) is 24.3 Å². The predicted molar refractivity (Wildman–Crippen MR) is 87.9 cm³/mol. The number of rotatable bonds is 6. The van der Waals surface area contributed by atoms with E-state index < -0.39 is 0 Å². The van der Waals surface area contributed by atoms with Crippen LogP contribution in [0.4, 0.5) is 0 Å². The number of hydrogen-bond acceptors (Lipinski definition) is 4. The van der Waals surface area contributed by atoms with E-state index in [1.165, 1.54) is 28.1 Å². The molecule has 3 rings (SSSR count). The zero-order valence-electron chi connectivity index (χ0n) is 13.0. The van der Waals surface area contributed by atoms with Crippen molar-refractivity contribution < 1.29 is 0 Å². The molecule has 0 amide bonds. The zero-order valence-corrected chi connectivity index (χ0v) is 13.8. The first kappa shape index (κ1) is 14.7. The molecule has 1 N–H and O–H groups in total. The van der Waals surface area contributed by atoms with Gasteiger partial charge in [0, 0.05) is 6.04 Å². The molecule has 2 atom stereocenters. The Kier molecular flexibility index (Phi) is 4.36. The second-order valence-electron chi connectivity index (χ2n) is 6.12. The number of nitrogens with one attached hydrogen (secondary N) is 1. The van der Waals surface area contributed by atoms with Crippen molar-refractivity contribution in [1.29, 1.82) is 0 Å². The molecule has 0 bridgehead atoms. The van der Waals surface area contributed by atoms with E-state index in [0.29, 0.717) is 17.9 Å². The third-order valence-corrected chi connectivity index (χ3v) is 5.19. The standard InChI is InChI=1S/C17H23N3S/c1-4-18-15(17-16(11(2)3)19-20-21-17)10-13-9-12-7-5-6-8-14(12)13/h5-8,11,13,15,18H,4,9-10H2,1-3H3. The Morgan fingerprint density at radius 2 is 2.14 bits per heavy atom. The van der Waals surface area contributed by atoms with Gasteiger partial charge in [0.05, 0.1) is 10.6 Å². The molecule has 4 heteroatoms. The van der Waals surface area contributed by atoms with Gasteiger partial charge in [0.2, 0.25) is 0 Å². The first-order valence-electron chi connectivity index (χ1n) is 7.84. The minimum absolute atomic E-state index is 0.380. The maximum atomic E-state index is 4.34. The lowest BCUT2D eigenvalue weighted by Crippen LogP contribution is -2.27. The average Bonchev–Trinajstić information content (AvgIpc) is 2.93. The van der Waals surface area contributed by atoms with Gasteiger partial charge in [0.15, 0.2) is 0 Å². The van der Waals surface area contributed by atoms with Gasteiger partial charge in [-0.15, -0.1) is 5.10 Å². The van der Waals surface area contributed by atoms with Crippen LogP contribution in [0, 0.1) is 0 Å². The normalized spacial score (nSPS) is 18.4. The van der Waals surface area contributed by atoms with Crippen molar-refractivity contribution in [2.75, 3.05) is 6.54 Å². The molecule has 0 spiro atoms. The summed E-state index contributed by atoms with van der Waals surface area (Å²) in [7, 11) is 0. The van der Waals surface area contributed by atoms with Crippen LogP contribution >= 0.6 is 11.5 Å². The van der Waals surface area contributed by atoms with Crippen molar-refractivity contribution in [2.24, 2.45) is 0 Å². The van der Waals surface area contributed by atoms with Crippen LogP contribution in [0.2, 0.25) is 0 Å². The second-order valence-corrected chi connectivity index (χ2v) is 6.91. The molecule has 0 radical (unpaired) electrons. The molecular weight excluding hydrogens is 278 g/mol. The zero-order chi connectivity index (χ0) is 14.8. The number of hydrogen-bond donors (Lipinski definition) is 1. The number of fused-ring (bicyclic) bond motifs is 1. The molecule has 0 saturated heterocycles. The van der Waals surface area contributed by atoms with Crippen LogP contribution in [0.3, 0.4) is 0 Å². The largest absolute Gasteiger partial charge is 0.309 e. The molecule has 1 aromatic carbocycles. The fraction of sp³-hybridized carbons (Fsp3) is 0.529. The van der Waals surface area contributed by atoms with Gasteiger partial charge in [0.1, 0.15) is 0 Å². The maximum Gasteiger partial charge on any atom is 0.0829 e. The average molecular weight is 301 g/mol. The maximum absolute atomic E-state index is 4.34. The van der Waals surface area contributed by atoms with Crippen molar-refractivity contribution >= 4 is 11.5 Å². The van der Waals surface area contributed by atoms with Gasteiger partial charge in [0.25, 0.3) is 0 Å². The highest BCUT2D eigenvalue weighted by atomic mass is 32.1. The molecule has 1 aliphatic rings. The molecule has 2 aromatic rings. The fourth-order valence-electron chi connectivity index (χ4n) is 3.23. The third-order valence-electron chi connectivity index (χ3n) is 4.34. The van der Waals surface area contributed by atoms with Gasteiger partial charge < -0.3 is 5.32 Å². The molecule has 1 heterocycles. The fourth-order valence-corrected chi connectivity index (χ4v) is 4.13. The smallest absolute Gasteiger partial charge is 0.0829 e. The number of aromatic nitrogens is 2. The highest BCUT2D eigenvalue weighted by Crippen LogP contribution is 2.42. The molecule has 0 aliphatic heterocycles. The summed E-state index contributed by atoms with van der Waals surface area (Å²) in [5.41, 5.74) is 4.21. The highest BCUT2D eigenvalue weighted by molar-refractivity contribution is 7.05. The van der Waals surface area contributed by atoms with Crippen LogP contribution in [-0.2, 0) is 6.42 Å². The molecule has 2 unspecified atom stereocenters. The monoisotopic (exact) mass is 301 g/mol. The number of nitrogens with zero attached hydrogens (tertiary/aromatic N) is 2. The molecule has 1 aliphatic carbocycles.